The van der Waals surface area contributed by atoms with Gasteiger partial charge >= 0.3 is 0 Å². The van der Waals surface area contributed by atoms with Crippen molar-refractivity contribution in [3.8, 4) is 0 Å². The fourth-order valence-corrected chi connectivity index (χ4v) is 1.27. The molecule has 0 aromatic carbocycles. The molecule has 4 nitrogen and oxygen atoms in total. The molecule has 1 heterocycles. The summed E-state index contributed by atoms with van der Waals surface area (Å²) in [4.78, 5) is 3.86. The summed E-state index contributed by atoms with van der Waals surface area (Å²) in [5.41, 5.74) is 6.11. The highest BCUT2D eigenvalue weighted by atomic mass is 32.1. The predicted octanol–water partition coefficient (Wildman–Crippen LogP) is 0.903. The van der Waals surface area contributed by atoms with Crippen molar-refractivity contribution in [1.29, 1.82) is 0 Å². The van der Waals surface area contributed by atoms with Gasteiger partial charge in [-0.1, -0.05) is 17.4 Å². The second-order valence-corrected chi connectivity index (χ2v) is 2.80. The molecule has 0 aliphatic carbocycles. The molecule has 1 aromatic rings. The van der Waals surface area contributed by atoms with E-state index in [1.807, 2.05) is 0 Å². The first-order valence-corrected chi connectivity index (χ1v) is 4.01. The zero-order valence-electron chi connectivity index (χ0n) is 5.39. The van der Waals surface area contributed by atoms with E-state index < -0.39 is 0 Å². The number of hydrogen-bond acceptors (Lipinski definition) is 6. The van der Waals surface area contributed by atoms with Gasteiger partial charge < -0.3 is 10.9 Å². The van der Waals surface area contributed by atoms with Gasteiger partial charge in [0.1, 0.15) is 11.4 Å². The number of hydrogen-bond donors (Lipinski definition) is 2. The lowest BCUT2D eigenvalue weighted by Crippen LogP contribution is -2.01. The zero-order chi connectivity index (χ0) is 8.27. The van der Waals surface area contributed by atoms with Gasteiger partial charge in [0, 0.05) is 10.7 Å². The van der Waals surface area contributed by atoms with Crippen LogP contribution in [0.2, 0.25) is 0 Å². The van der Waals surface area contributed by atoms with Gasteiger partial charge in [-0.3, -0.25) is 0 Å². The van der Waals surface area contributed by atoms with Crippen molar-refractivity contribution in [2.24, 2.45) is 5.16 Å². The number of anilines is 1. The molecule has 1 rings (SSSR count). The molecule has 58 valence electrons. The molecule has 0 aliphatic rings. The van der Waals surface area contributed by atoms with Crippen LogP contribution in [0.1, 0.15) is 5.69 Å². The number of nitrogens with zero attached hydrogens (tertiary/aromatic N) is 2. The fourth-order valence-electron chi connectivity index (χ4n) is 0.540. The molecule has 1 aromatic heterocycles. The van der Waals surface area contributed by atoms with Gasteiger partial charge in [-0.25, -0.2) is 4.98 Å². The molecule has 0 fully saturated rings. The quantitative estimate of drug-likeness (QED) is 0.312. The molecule has 0 unspecified atom stereocenters. The van der Waals surface area contributed by atoms with Crippen LogP contribution < -0.4 is 5.73 Å². The van der Waals surface area contributed by atoms with Crippen molar-refractivity contribution in [3.63, 3.8) is 0 Å². The molecule has 0 bridgehead atoms. The Balaban J connectivity index is 3.00. The average Bonchev–Trinajstić information content (AvgIpc) is 2.39. The minimum atomic E-state index is 0.257. The number of nitrogen functional groups attached to an aromatic ring is 1. The van der Waals surface area contributed by atoms with Crippen molar-refractivity contribution < 1.29 is 5.21 Å². The van der Waals surface area contributed by atoms with Crippen LogP contribution in [0.25, 0.3) is 0 Å². The molecular formula is C5H5N3OS2. The first-order valence-electron chi connectivity index (χ1n) is 2.66. The maximum absolute atomic E-state index is 8.40. The molecule has 0 saturated carbocycles. The summed E-state index contributed by atoms with van der Waals surface area (Å²) >= 11 is 5.84. The van der Waals surface area contributed by atoms with Crippen LogP contribution in [0.5, 0.6) is 0 Å². The molecule has 11 heavy (non-hydrogen) atoms. The maximum Gasteiger partial charge on any atom is 0.180 e. The molecule has 0 spiro atoms. The van der Waals surface area contributed by atoms with Gasteiger partial charge in [0.25, 0.3) is 0 Å². The lowest BCUT2D eigenvalue weighted by molar-refractivity contribution is 0.320. The molecule has 0 amide bonds. The Morgan fingerprint density at radius 3 is 3.00 bits per heavy atom. The van der Waals surface area contributed by atoms with E-state index in [0.717, 1.165) is 0 Å². The Morgan fingerprint density at radius 2 is 2.64 bits per heavy atom. The second kappa shape index (κ2) is 3.40. The first kappa shape index (κ1) is 8.09. The number of aromatic nitrogens is 1. The summed E-state index contributed by atoms with van der Waals surface area (Å²) in [6.07, 6.45) is 0. The summed E-state index contributed by atoms with van der Waals surface area (Å²) in [5.74, 6) is 0. The minimum absolute atomic E-state index is 0.257. The van der Waals surface area contributed by atoms with E-state index in [4.69, 9.17) is 10.9 Å². The van der Waals surface area contributed by atoms with Crippen molar-refractivity contribution in [2.75, 3.05) is 5.73 Å². The third-order valence-electron chi connectivity index (χ3n) is 1.00. The van der Waals surface area contributed by atoms with Crippen molar-refractivity contribution in [2.45, 2.75) is 0 Å². The molecule has 6 heteroatoms. The monoisotopic (exact) mass is 187 g/mol. The number of rotatable bonds is 2. The fraction of sp³-hybridized carbons (Fsp3) is 0. The van der Waals surface area contributed by atoms with E-state index >= 15 is 0 Å². The number of thiocarbonyl (C=S) groups is 1. The van der Waals surface area contributed by atoms with Crippen LogP contribution in [0.4, 0.5) is 5.13 Å². The van der Waals surface area contributed by atoms with Crippen LogP contribution in [-0.4, -0.2) is 21.3 Å². The Kier molecular flexibility index (Phi) is 2.50. The van der Waals surface area contributed by atoms with E-state index in [1.165, 1.54) is 16.7 Å². The third-order valence-corrected chi connectivity index (χ3v) is 1.90. The average molecular weight is 187 g/mol. The number of nitrogens with two attached hydrogens (primary N) is 1. The predicted molar refractivity (Wildman–Crippen MR) is 48.5 cm³/mol. The first-order chi connectivity index (χ1) is 5.27. The lowest BCUT2D eigenvalue weighted by Gasteiger charge is -1.87. The summed E-state index contributed by atoms with van der Waals surface area (Å²) in [5, 5.41) is 14.7. The van der Waals surface area contributed by atoms with E-state index in [0.29, 0.717) is 10.8 Å². The zero-order valence-corrected chi connectivity index (χ0v) is 7.02. The lowest BCUT2D eigenvalue weighted by atomic mass is 10.3. The standard InChI is InChI=1S/C5H5N3OS2/c6-5-7-4(2-11-5)3(1-10)8-9/h1-2,9H,(H2,6,7)/b8-3+. The SMILES string of the molecule is Nc1nc(/C(C=S)=N/O)cs1. The highest BCUT2D eigenvalue weighted by Crippen LogP contribution is 2.11. The second-order valence-electron chi connectivity index (χ2n) is 1.67. The van der Waals surface area contributed by atoms with Gasteiger partial charge in [0.2, 0.25) is 0 Å². The normalized spacial score (nSPS) is 11.5. The van der Waals surface area contributed by atoms with Gasteiger partial charge in [0.15, 0.2) is 5.13 Å². The van der Waals surface area contributed by atoms with Crippen LogP contribution in [0, 0.1) is 0 Å². The molecule has 3 N–H and O–H groups in total. The van der Waals surface area contributed by atoms with E-state index in [1.54, 1.807) is 5.38 Å². The van der Waals surface area contributed by atoms with Crippen LogP contribution >= 0.6 is 23.6 Å². The molecule has 0 radical (unpaired) electrons. The Hall–Kier alpha value is -1.01. The number of oxime groups is 1. The molecule has 0 saturated heterocycles. The Labute approximate surface area is 72.4 Å². The summed E-state index contributed by atoms with van der Waals surface area (Å²) in [6.45, 7) is 0. The van der Waals surface area contributed by atoms with Gasteiger partial charge in [-0.2, -0.15) is 0 Å². The largest absolute Gasteiger partial charge is 0.410 e. The molecule has 0 atom stereocenters. The Morgan fingerprint density at radius 1 is 1.91 bits per heavy atom. The van der Waals surface area contributed by atoms with Crippen LogP contribution in [0.3, 0.4) is 0 Å². The van der Waals surface area contributed by atoms with Gasteiger partial charge in [-0.05, 0) is 0 Å². The van der Waals surface area contributed by atoms with Crippen molar-refractivity contribution in [3.05, 3.63) is 11.1 Å². The maximum atomic E-state index is 8.40. The van der Waals surface area contributed by atoms with E-state index in [-0.39, 0.29) is 5.71 Å². The minimum Gasteiger partial charge on any atom is -0.410 e. The van der Waals surface area contributed by atoms with Gasteiger partial charge in [0.05, 0.1) is 0 Å². The van der Waals surface area contributed by atoms with Crippen LogP contribution in [0.15, 0.2) is 10.5 Å². The van der Waals surface area contributed by atoms with Crippen molar-refractivity contribution >= 4 is 39.8 Å². The summed E-state index contributed by atoms with van der Waals surface area (Å²) < 4.78 is 0. The highest BCUT2D eigenvalue weighted by molar-refractivity contribution is 7.80. The van der Waals surface area contributed by atoms with E-state index in [9.17, 15) is 0 Å². The van der Waals surface area contributed by atoms with Crippen molar-refractivity contribution in [1.82, 2.24) is 4.98 Å². The summed E-state index contributed by atoms with van der Waals surface area (Å²) in [7, 11) is 0. The third kappa shape index (κ3) is 1.72. The van der Waals surface area contributed by atoms with Gasteiger partial charge in [-0.15, -0.1) is 11.3 Å². The van der Waals surface area contributed by atoms with Crippen LogP contribution in [-0.2, 0) is 0 Å². The molecule has 0 aliphatic heterocycles. The topological polar surface area (TPSA) is 71.5 Å². The molecular weight excluding hydrogens is 182 g/mol. The Bertz CT molecular complexity index is 294. The number of thiazole rings is 1. The summed E-state index contributed by atoms with van der Waals surface area (Å²) in [6, 6.07) is 0. The smallest absolute Gasteiger partial charge is 0.180 e. The highest BCUT2D eigenvalue weighted by Gasteiger charge is 2.03. The van der Waals surface area contributed by atoms with E-state index in [2.05, 4.69) is 22.4 Å².